The average Bonchev–Trinajstić information content (AvgIpc) is 2.71. The first-order valence-corrected chi connectivity index (χ1v) is 5.25. The number of amides is 1. The molecule has 0 saturated heterocycles. The third-order valence-electron chi connectivity index (χ3n) is 2.16. The summed E-state index contributed by atoms with van der Waals surface area (Å²) in [4.78, 5) is 11.7. The van der Waals surface area contributed by atoms with E-state index in [-0.39, 0.29) is 12.5 Å². The Balaban J connectivity index is 2.57. The number of rotatable bonds is 6. The van der Waals surface area contributed by atoms with E-state index in [0.29, 0.717) is 18.8 Å². The van der Waals surface area contributed by atoms with Gasteiger partial charge in [0.2, 0.25) is 0 Å². The summed E-state index contributed by atoms with van der Waals surface area (Å²) < 4.78 is 6.78. The number of ether oxygens (including phenoxy) is 1. The van der Waals surface area contributed by atoms with Crippen LogP contribution in [0, 0.1) is 0 Å². The number of aromatic nitrogens is 1. The SMILES string of the molecule is COCCn1cccc1C(=O)NC[C@@H](C)O. The number of hydrogen-bond acceptors (Lipinski definition) is 3. The van der Waals surface area contributed by atoms with Crippen molar-refractivity contribution in [2.75, 3.05) is 20.3 Å². The summed E-state index contributed by atoms with van der Waals surface area (Å²) in [7, 11) is 1.62. The van der Waals surface area contributed by atoms with Crippen molar-refractivity contribution in [3.05, 3.63) is 24.0 Å². The van der Waals surface area contributed by atoms with E-state index < -0.39 is 6.10 Å². The minimum Gasteiger partial charge on any atom is -0.392 e. The summed E-state index contributed by atoms with van der Waals surface area (Å²) in [5, 5.41) is 11.7. The van der Waals surface area contributed by atoms with E-state index in [1.807, 2.05) is 16.8 Å². The van der Waals surface area contributed by atoms with E-state index in [2.05, 4.69) is 5.32 Å². The fourth-order valence-electron chi connectivity index (χ4n) is 1.34. The molecule has 1 rings (SSSR count). The molecule has 1 heterocycles. The van der Waals surface area contributed by atoms with Gasteiger partial charge in [-0.05, 0) is 19.1 Å². The molecule has 0 aliphatic carbocycles. The molecular weight excluding hydrogens is 208 g/mol. The van der Waals surface area contributed by atoms with Crippen molar-refractivity contribution in [1.82, 2.24) is 9.88 Å². The fourth-order valence-corrected chi connectivity index (χ4v) is 1.34. The van der Waals surface area contributed by atoms with Crippen LogP contribution in [0.25, 0.3) is 0 Å². The molecule has 1 amide bonds. The molecule has 0 aliphatic heterocycles. The highest BCUT2D eigenvalue weighted by molar-refractivity contribution is 5.92. The van der Waals surface area contributed by atoms with Gasteiger partial charge in [0.25, 0.3) is 5.91 Å². The van der Waals surface area contributed by atoms with Crippen LogP contribution in [0.4, 0.5) is 0 Å². The van der Waals surface area contributed by atoms with Crippen molar-refractivity contribution < 1.29 is 14.6 Å². The minimum atomic E-state index is -0.536. The quantitative estimate of drug-likeness (QED) is 0.730. The molecule has 5 nitrogen and oxygen atoms in total. The number of methoxy groups -OCH3 is 1. The molecule has 90 valence electrons. The number of hydrogen-bond donors (Lipinski definition) is 2. The summed E-state index contributed by atoms with van der Waals surface area (Å²) in [5.74, 6) is -0.179. The molecule has 0 bridgehead atoms. The Morgan fingerprint density at radius 3 is 3.06 bits per heavy atom. The van der Waals surface area contributed by atoms with Crippen LogP contribution in [-0.4, -0.2) is 41.9 Å². The first kappa shape index (κ1) is 12.7. The molecule has 0 unspecified atom stereocenters. The molecule has 0 spiro atoms. The van der Waals surface area contributed by atoms with E-state index in [0.717, 1.165) is 0 Å². The maximum Gasteiger partial charge on any atom is 0.267 e. The van der Waals surface area contributed by atoms with Crippen molar-refractivity contribution in [3.63, 3.8) is 0 Å². The second-order valence-electron chi connectivity index (χ2n) is 3.64. The molecule has 0 fully saturated rings. The van der Waals surface area contributed by atoms with Gasteiger partial charge in [0.05, 0.1) is 12.7 Å². The van der Waals surface area contributed by atoms with Crippen LogP contribution >= 0.6 is 0 Å². The molecular formula is C11H18N2O3. The fraction of sp³-hybridized carbons (Fsp3) is 0.545. The van der Waals surface area contributed by atoms with Crippen molar-refractivity contribution in [2.45, 2.75) is 19.6 Å². The van der Waals surface area contributed by atoms with Crippen LogP contribution in [0.5, 0.6) is 0 Å². The highest BCUT2D eigenvalue weighted by Crippen LogP contribution is 2.02. The molecule has 5 heteroatoms. The second kappa shape index (κ2) is 6.30. The Morgan fingerprint density at radius 1 is 1.69 bits per heavy atom. The lowest BCUT2D eigenvalue weighted by atomic mass is 10.3. The summed E-state index contributed by atoms with van der Waals surface area (Å²) >= 11 is 0. The molecule has 1 aromatic heterocycles. The standard InChI is InChI=1S/C11H18N2O3/c1-9(14)8-12-11(15)10-4-3-5-13(10)6-7-16-2/h3-5,9,14H,6-8H2,1-2H3,(H,12,15)/t9-/m1/s1. The summed E-state index contributed by atoms with van der Waals surface area (Å²) in [5.41, 5.74) is 0.581. The van der Waals surface area contributed by atoms with Gasteiger partial charge in [-0.15, -0.1) is 0 Å². The summed E-state index contributed by atoms with van der Waals surface area (Å²) in [6.07, 6.45) is 1.29. The van der Waals surface area contributed by atoms with E-state index in [4.69, 9.17) is 9.84 Å². The largest absolute Gasteiger partial charge is 0.392 e. The van der Waals surface area contributed by atoms with Gasteiger partial charge in [-0.2, -0.15) is 0 Å². The van der Waals surface area contributed by atoms with Gasteiger partial charge in [0.1, 0.15) is 5.69 Å². The van der Waals surface area contributed by atoms with E-state index >= 15 is 0 Å². The molecule has 0 radical (unpaired) electrons. The Morgan fingerprint density at radius 2 is 2.44 bits per heavy atom. The number of carbonyl (C=O) groups is 1. The van der Waals surface area contributed by atoms with Gasteiger partial charge in [0.15, 0.2) is 0 Å². The lowest BCUT2D eigenvalue weighted by Crippen LogP contribution is -2.32. The highest BCUT2D eigenvalue weighted by atomic mass is 16.5. The van der Waals surface area contributed by atoms with Crippen LogP contribution in [0.1, 0.15) is 17.4 Å². The first-order chi connectivity index (χ1) is 7.65. The lowest BCUT2D eigenvalue weighted by Gasteiger charge is -2.10. The zero-order valence-electron chi connectivity index (χ0n) is 9.64. The maximum atomic E-state index is 11.7. The predicted molar refractivity (Wildman–Crippen MR) is 60.3 cm³/mol. The van der Waals surface area contributed by atoms with E-state index in [9.17, 15) is 4.79 Å². The third-order valence-corrected chi connectivity index (χ3v) is 2.16. The normalized spacial score (nSPS) is 12.4. The smallest absolute Gasteiger partial charge is 0.267 e. The monoisotopic (exact) mass is 226 g/mol. The molecule has 16 heavy (non-hydrogen) atoms. The van der Waals surface area contributed by atoms with Gasteiger partial charge < -0.3 is 19.7 Å². The van der Waals surface area contributed by atoms with E-state index in [1.165, 1.54) is 0 Å². The van der Waals surface area contributed by atoms with Gasteiger partial charge in [0, 0.05) is 26.4 Å². The topological polar surface area (TPSA) is 63.5 Å². The van der Waals surface area contributed by atoms with E-state index in [1.54, 1.807) is 20.1 Å². The second-order valence-corrected chi connectivity index (χ2v) is 3.64. The van der Waals surface area contributed by atoms with Crippen LogP contribution in [0.15, 0.2) is 18.3 Å². The number of nitrogens with zero attached hydrogens (tertiary/aromatic N) is 1. The van der Waals surface area contributed by atoms with Crippen molar-refractivity contribution >= 4 is 5.91 Å². The molecule has 1 atom stereocenters. The summed E-state index contributed by atoms with van der Waals surface area (Å²) in [6.45, 7) is 3.09. The Labute approximate surface area is 95.0 Å². The Bertz CT molecular complexity index is 334. The van der Waals surface area contributed by atoms with Crippen molar-refractivity contribution in [1.29, 1.82) is 0 Å². The molecule has 2 N–H and O–H groups in total. The first-order valence-electron chi connectivity index (χ1n) is 5.25. The third kappa shape index (κ3) is 3.67. The maximum absolute atomic E-state index is 11.7. The minimum absolute atomic E-state index is 0.179. The molecule has 0 aromatic carbocycles. The van der Waals surface area contributed by atoms with Gasteiger partial charge in [-0.25, -0.2) is 0 Å². The van der Waals surface area contributed by atoms with Crippen LogP contribution in [0.2, 0.25) is 0 Å². The highest BCUT2D eigenvalue weighted by Gasteiger charge is 2.10. The van der Waals surface area contributed by atoms with Crippen LogP contribution in [-0.2, 0) is 11.3 Å². The number of nitrogens with one attached hydrogen (secondary N) is 1. The zero-order valence-corrected chi connectivity index (χ0v) is 9.64. The van der Waals surface area contributed by atoms with Gasteiger partial charge >= 0.3 is 0 Å². The molecule has 0 saturated carbocycles. The van der Waals surface area contributed by atoms with Gasteiger partial charge in [-0.3, -0.25) is 4.79 Å². The van der Waals surface area contributed by atoms with Crippen molar-refractivity contribution in [3.8, 4) is 0 Å². The summed E-state index contributed by atoms with van der Waals surface area (Å²) in [6, 6.07) is 3.56. The molecule has 0 aliphatic rings. The van der Waals surface area contributed by atoms with Crippen LogP contribution < -0.4 is 5.32 Å². The number of carbonyl (C=O) groups excluding carboxylic acids is 1. The zero-order chi connectivity index (χ0) is 12.0. The number of aliphatic hydroxyl groups is 1. The Kier molecular flexibility index (Phi) is 5.01. The Hall–Kier alpha value is -1.33. The average molecular weight is 226 g/mol. The van der Waals surface area contributed by atoms with Crippen molar-refractivity contribution in [2.24, 2.45) is 0 Å². The van der Waals surface area contributed by atoms with Gasteiger partial charge in [-0.1, -0.05) is 0 Å². The number of aliphatic hydroxyl groups excluding tert-OH is 1. The molecule has 1 aromatic rings. The predicted octanol–water partition coefficient (Wildman–Crippen LogP) is 0.245. The van der Waals surface area contributed by atoms with Crippen LogP contribution in [0.3, 0.4) is 0 Å². The lowest BCUT2D eigenvalue weighted by molar-refractivity contribution is 0.0912.